The minimum absolute atomic E-state index is 0.0102. The van der Waals surface area contributed by atoms with Gasteiger partial charge in [-0.05, 0) is 0 Å². The van der Waals surface area contributed by atoms with Crippen molar-refractivity contribution in [2.24, 2.45) is 0 Å². The molecule has 0 amide bonds. The van der Waals surface area contributed by atoms with Gasteiger partial charge in [0.25, 0.3) is 0 Å². The van der Waals surface area contributed by atoms with E-state index in [0.29, 0.717) is 11.5 Å². The molecule has 0 unspecified atom stereocenters. The molecule has 0 bridgehead atoms. The lowest BCUT2D eigenvalue weighted by Gasteiger charge is -1.99. The van der Waals surface area contributed by atoms with Crippen molar-refractivity contribution < 1.29 is 9.53 Å². The fraction of sp³-hybridized carbons (Fsp3) is 0.125. The predicted molar refractivity (Wildman–Crippen MR) is 45.1 cm³/mol. The molecule has 0 aromatic carbocycles. The van der Waals surface area contributed by atoms with E-state index in [1.165, 1.54) is 12.4 Å². The van der Waals surface area contributed by atoms with E-state index in [1.54, 1.807) is 0 Å². The van der Waals surface area contributed by atoms with Crippen LogP contribution in [0.5, 0.6) is 0 Å². The van der Waals surface area contributed by atoms with Crippen molar-refractivity contribution in [2.45, 2.75) is 6.61 Å². The maximum Gasteiger partial charge on any atom is 0.384 e. The van der Waals surface area contributed by atoms with Gasteiger partial charge in [-0.1, -0.05) is 0 Å². The standard InChI is InChI=1S/C8H7N3O2/c1-2-8(12)13-5-6-3-11-7(9)4-10-6/h1,3-4H,5H2,(H2,9,11). The largest absolute Gasteiger partial charge is 0.450 e. The molecule has 2 N–H and O–H groups in total. The first-order valence-electron chi connectivity index (χ1n) is 3.42. The van der Waals surface area contributed by atoms with Gasteiger partial charge >= 0.3 is 5.97 Å². The van der Waals surface area contributed by atoms with E-state index in [9.17, 15) is 4.79 Å². The van der Waals surface area contributed by atoms with Crippen LogP contribution in [-0.4, -0.2) is 15.9 Å². The Morgan fingerprint density at radius 3 is 2.92 bits per heavy atom. The summed E-state index contributed by atoms with van der Waals surface area (Å²) < 4.78 is 4.60. The molecule has 66 valence electrons. The van der Waals surface area contributed by atoms with Crippen LogP contribution in [0.2, 0.25) is 0 Å². The van der Waals surface area contributed by atoms with Gasteiger partial charge in [0, 0.05) is 5.92 Å². The summed E-state index contributed by atoms with van der Waals surface area (Å²) in [7, 11) is 0. The van der Waals surface area contributed by atoms with E-state index < -0.39 is 5.97 Å². The number of rotatable bonds is 2. The first-order valence-corrected chi connectivity index (χ1v) is 3.42. The van der Waals surface area contributed by atoms with Crippen LogP contribution >= 0.6 is 0 Å². The highest BCUT2D eigenvalue weighted by atomic mass is 16.5. The van der Waals surface area contributed by atoms with Gasteiger partial charge in [-0.15, -0.1) is 6.42 Å². The summed E-state index contributed by atoms with van der Waals surface area (Å²) in [4.78, 5) is 18.1. The van der Waals surface area contributed by atoms with Gasteiger partial charge in [0.15, 0.2) is 0 Å². The first-order chi connectivity index (χ1) is 6.22. The van der Waals surface area contributed by atoms with Crippen LogP contribution in [0.4, 0.5) is 5.82 Å². The van der Waals surface area contributed by atoms with Crippen LogP contribution in [0.3, 0.4) is 0 Å². The first kappa shape index (κ1) is 9.00. The normalized spacial score (nSPS) is 8.85. The molecule has 1 heterocycles. The molecule has 0 aliphatic heterocycles. The summed E-state index contributed by atoms with van der Waals surface area (Å²) in [6, 6.07) is 0. The molecule has 1 aromatic rings. The van der Waals surface area contributed by atoms with Gasteiger partial charge < -0.3 is 10.5 Å². The zero-order valence-electron chi connectivity index (χ0n) is 6.73. The average Bonchev–Trinajstić information content (AvgIpc) is 2.16. The maximum atomic E-state index is 10.5. The van der Waals surface area contributed by atoms with E-state index in [-0.39, 0.29) is 6.61 Å². The number of anilines is 1. The number of carbonyl (C=O) groups excluding carboxylic acids is 1. The lowest BCUT2D eigenvalue weighted by atomic mass is 10.5. The van der Waals surface area contributed by atoms with Crippen molar-refractivity contribution in [1.29, 1.82) is 0 Å². The molecule has 0 aliphatic rings. The predicted octanol–water partition coefficient (Wildman–Crippen LogP) is -0.265. The Morgan fingerprint density at radius 2 is 2.38 bits per heavy atom. The Morgan fingerprint density at radius 1 is 1.62 bits per heavy atom. The second kappa shape index (κ2) is 4.07. The summed E-state index contributed by atoms with van der Waals surface area (Å²) >= 11 is 0. The van der Waals surface area contributed by atoms with Crippen LogP contribution in [0.15, 0.2) is 12.4 Å². The van der Waals surface area contributed by atoms with Gasteiger partial charge in [0.2, 0.25) is 0 Å². The quantitative estimate of drug-likeness (QED) is 0.382. The van der Waals surface area contributed by atoms with Gasteiger partial charge in [-0.3, -0.25) is 4.98 Å². The Bertz CT molecular complexity index is 339. The SMILES string of the molecule is C#CC(=O)OCc1cnc(N)cn1. The third-order valence-electron chi connectivity index (χ3n) is 1.19. The van der Waals surface area contributed by atoms with E-state index in [1.807, 2.05) is 5.92 Å². The van der Waals surface area contributed by atoms with Crippen LogP contribution < -0.4 is 5.73 Å². The van der Waals surface area contributed by atoms with Crippen LogP contribution in [0.1, 0.15) is 5.69 Å². The number of hydrogen-bond donors (Lipinski definition) is 1. The number of ether oxygens (including phenoxy) is 1. The van der Waals surface area contributed by atoms with Crippen LogP contribution in [0.25, 0.3) is 0 Å². The number of nitrogen functional groups attached to an aromatic ring is 1. The van der Waals surface area contributed by atoms with E-state index in [2.05, 4.69) is 14.7 Å². The fourth-order valence-electron chi connectivity index (χ4n) is 0.620. The smallest absolute Gasteiger partial charge is 0.384 e. The molecule has 0 saturated carbocycles. The summed E-state index contributed by atoms with van der Waals surface area (Å²) in [5.74, 6) is 1.40. The van der Waals surface area contributed by atoms with Crippen molar-refractivity contribution in [3.63, 3.8) is 0 Å². The summed E-state index contributed by atoms with van der Waals surface area (Å²) in [5, 5.41) is 0. The molecule has 1 aromatic heterocycles. The zero-order valence-corrected chi connectivity index (χ0v) is 6.73. The molecular formula is C8H7N3O2. The lowest BCUT2D eigenvalue weighted by Crippen LogP contribution is -2.03. The lowest BCUT2D eigenvalue weighted by molar-refractivity contribution is -0.138. The second-order valence-corrected chi connectivity index (χ2v) is 2.15. The number of nitrogens with two attached hydrogens (primary N) is 1. The summed E-state index contributed by atoms with van der Waals surface area (Å²) in [5.41, 5.74) is 5.79. The Kier molecular flexibility index (Phi) is 2.82. The van der Waals surface area contributed by atoms with Crippen molar-refractivity contribution in [1.82, 2.24) is 9.97 Å². The van der Waals surface area contributed by atoms with E-state index in [4.69, 9.17) is 12.2 Å². The highest BCUT2D eigenvalue weighted by Gasteiger charge is 1.99. The number of nitrogens with zero attached hydrogens (tertiary/aromatic N) is 2. The molecule has 1 rings (SSSR count). The van der Waals surface area contributed by atoms with Gasteiger partial charge in [0.1, 0.15) is 12.4 Å². The van der Waals surface area contributed by atoms with Crippen molar-refractivity contribution >= 4 is 11.8 Å². The minimum atomic E-state index is -0.723. The van der Waals surface area contributed by atoms with Gasteiger partial charge in [-0.25, -0.2) is 9.78 Å². The number of esters is 1. The van der Waals surface area contributed by atoms with Crippen LogP contribution in [-0.2, 0) is 16.1 Å². The molecule has 0 spiro atoms. The van der Waals surface area contributed by atoms with Crippen LogP contribution in [0, 0.1) is 12.3 Å². The second-order valence-electron chi connectivity index (χ2n) is 2.15. The summed E-state index contributed by atoms with van der Waals surface area (Å²) in [6.07, 6.45) is 7.57. The number of aromatic nitrogens is 2. The van der Waals surface area contributed by atoms with E-state index in [0.717, 1.165) is 0 Å². The molecule has 0 saturated heterocycles. The Labute approximate surface area is 74.9 Å². The Balaban J connectivity index is 2.52. The highest BCUT2D eigenvalue weighted by Crippen LogP contribution is 1.97. The molecule has 13 heavy (non-hydrogen) atoms. The van der Waals surface area contributed by atoms with Gasteiger partial charge in [0.05, 0.1) is 18.1 Å². The van der Waals surface area contributed by atoms with Gasteiger partial charge in [-0.2, -0.15) is 0 Å². The molecule has 0 fully saturated rings. The van der Waals surface area contributed by atoms with Crippen molar-refractivity contribution in [3.05, 3.63) is 18.1 Å². The minimum Gasteiger partial charge on any atom is -0.450 e. The molecule has 0 aliphatic carbocycles. The molecule has 5 nitrogen and oxygen atoms in total. The third-order valence-corrected chi connectivity index (χ3v) is 1.19. The zero-order chi connectivity index (χ0) is 9.68. The van der Waals surface area contributed by atoms with Crippen molar-refractivity contribution in [3.8, 4) is 12.3 Å². The fourth-order valence-corrected chi connectivity index (χ4v) is 0.620. The molecule has 0 atom stereocenters. The van der Waals surface area contributed by atoms with E-state index >= 15 is 0 Å². The third kappa shape index (κ3) is 2.79. The average molecular weight is 177 g/mol. The summed E-state index contributed by atoms with van der Waals surface area (Å²) in [6.45, 7) is 0.0102. The molecule has 0 radical (unpaired) electrons. The highest BCUT2D eigenvalue weighted by molar-refractivity contribution is 5.87. The number of carbonyl (C=O) groups is 1. The monoisotopic (exact) mass is 177 g/mol. The topological polar surface area (TPSA) is 78.1 Å². The van der Waals surface area contributed by atoms with Crippen molar-refractivity contribution in [2.75, 3.05) is 5.73 Å². The number of terminal acetylenes is 1. The molecule has 5 heteroatoms. The molecular weight excluding hydrogens is 170 g/mol. The Hall–Kier alpha value is -2.09. The number of hydrogen-bond acceptors (Lipinski definition) is 5. The maximum absolute atomic E-state index is 10.5.